The van der Waals surface area contributed by atoms with Crippen LogP contribution in [0.1, 0.15) is 43.8 Å². The quantitative estimate of drug-likeness (QED) is 0.657. The Hall–Kier alpha value is -2.80. The van der Waals surface area contributed by atoms with Crippen molar-refractivity contribution in [3.8, 4) is 0 Å². The van der Waals surface area contributed by atoms with Crippen molar-refractivity contribution in [3.63, 3.8) is 0 Å². The summed E-state index contributed by atoms with van der Waals surface area (Å²) in [6.07, 6.45) is 0. The Bertz CT molecular complexity index is 966. The van der Waals surface area contributed by atoms with E-state index in [1.54, 1.807) is 0 Å². The highest BCUT2D eigenvalue weighted by atomic mass is 19.1. The van der Waals surface area contributed by atoms with Gasteiger partial charge in [-0.15, -0.1) is 5.10 Å². The number of tetrazole rings is 1. The average Bonchev–Trinajstić information content (AvgIpc) is 3.21. The largest absolute Gasteiger partial charge is 0.369 e. The molecule has 1 fully saturated rings. The van der Waals surface area contributed by atoms with Gasteiger partial charge in [0.15, 0.2) is 5.82 Å². The van der Waals surface area contributed by atoms with E-state index in [0.29, 0.717) is 0 Å². The van der Waals surface area contributed by atoms with Gasteiger partial charge in [-0.3, -0.25) is 4.90 Å². The number of nitrogens with zero attached hydrogens (tertiary/aromatic N) is 6. The van der Waals surface area contributed by atoms with E-state index in [0.717, 1.165) is 37.7 Å². The van der Waals surface area contributed by atoms with Crippen molar-refractivity contribution in [1.29, 1.82) is 0 Å². The third-order valence-electron chi connectivity index (χ3n) is 5.64. The molecule has 0 N–H and O–H groups in total. The van der Waals surface area contributed by atoms with Gasteiger partial charge >= 0.3 is 0 Å². The normalized spacial score (nSPS) is 16.6. The van der Waals surface area contributed by atoms with E-state index < -0.39 is 0 Å². The molecule has 1 aromatic heterocycles. The van der Waals surface area contributed by atoms with E-state index in [9.17, 15) is 4.39 Å². The monoisotopic (exact) mass is 408 g/mol. The number of benzene rings is 2. The molecule has 0 spiro atoms. The van der Waals surface area contributed by atoms with Gasteiger partial charge in [-0.05, 0) is 68.0 Å². The van der Waals surface area contributed by atoms with E-state index in [1.807, 2.05) is 16.8 Å². The number of anilines is 1. The Kier molecular flexibility index (Phi) is 5.56. The lowest BCUT2D eigenvalue weighted by Crippen LogP contribution is -2.48. The highest BCUT2D eigenvalue weighted by Gasteiger charge is 2.33. The van der Waals surface area contributed by atoms with Gasteiger partial charge < -0.3 is 4.90 Å². The lowest BCUT2D eigenvalue weighted by atomic mass is 10.0. The topological polar surface area (TPSA) is 50.1 Å². The van der Waals surface area contributed by atoms with Gasteiger partial charge in [0, 0.05) is 31.9 Å². The van der Waals surface area contributed by atoms with Gasteiger partial charge in [0.2, 0.25) is 0 Å². The molecule has 0 bridgehead atoms. The van der Waals surface area contributed by atoms with Crippen LogP contribution in [0.4, 0.5) is 10.1 Å². The number of hydrogen-bond donors (Lipinski definition) is 0. The Morgan fingerprint density at radius 3 is 2.13 bits per heavy atom. The van der Waals surface area contributed by atoms with Gasteiger partial charge in [0.25, 0.3) is 0 Å². The van der Waals surface area contributed by atoms with Crippen LogP contribution in [0.3, 0.4) is 0 Å². The second-order valence-corrected chi connectivity index (χ2v) is 8.93. The van der Waals surface area contributed by atoms with Crippen LogP contribution in [0, 0.1) is 12.7 Å². The predicted octanol–water partition coefficient (Wildman–Crippen LogP) is 3.79. The maximum Gasteiger partial charge on any atom is 0.173 e. The first-order valence-corrected chi connectivity index (χ1v) is 10.4. The van der Waals surface area contributed by atoms with Crippen LogP contribution >= 0.6 is 0 Å². The molecule has 2 aromatic carbocycles. The molecule has 158 valence electrons. The number of aryl methyl sites for hydroxylation is 1. The summed E-state index contributed by atoms with van der Waals surface area (Å²) in [6, 6.07) is 15.4. The van der Waals surface area contributed by atoms with Crippen LogP contribution in [0.15, 0.2) is 48.5 Å². The third-order valence-corrected chi connectivity index (χ3v) is 5.64. The third kappa shape index (κ3) is 4.21. The summed E-state index contributed by atoms with van der Waals surface area (Å²) in [7, 11) is 0. The summed E-state index contributed by atoms with van der Waals surface area (Å²) < 4.78 is 15.2. The predicted molar refractivity (Wildman–Crippen MR) is 116 cm³/mol. The first-order valence-electron chi connectivity index (χ1n) is 10.4. The maximum atomic E-state index is 13.3. The summed E-state index contributed by atoms with van der Waals surface area (Å²) in [5.74, 6) is 0.660. The van der Waals surface area contributed by atoms with Crippen molar-refractivity contribution in [2.45, 2.75) is 39.3 Å². The van der Waals surface area contributed by atoms with Crippen molar-refractivity contribution in [2.24, 2.45) is 0 Å². The Balaban J connectivity index is 1.62. The van der Waals surface area contributed by atoms with Crippen molar-refractivity contribution in [3.05, 3.63) is 71.3 Å². The molecule has 3 aromatic rings. The molecule has 1 unspecified atom stereocenters. The molecule has 0 aliphatic carbocycles. The number of hydrogen-bond acceptors (Lipinski definition) is 5. The Morgan fingerprint density at radius 1 is 0.900 bits per heavy atom. The minimum absolute atomic E-state index is 0.0183. The minimum atomic E-state index is -0.211. The maximum absolute atomic E-state index is 13.3. The Labute approximate surface area is 177 Å². The lowest BCUT2D eigenvalue weighted by molar-refractivity contribution is 0.191. The summed E-state index contributed by atoms with van der Waals surface area (Å²) in [5, 5.41) is 12.8. The zero-order valence-electron chi connectivity index (χ0n) is 18.1. The first-order chi connectivity index (χ1) is 14.3. The van der Waals surface area contributed by atoms with Crippen molar-refractivity contribution in [1.82, 2.24) is 25.1 Å². The molecule has 4 rings (SSSR count). The summed E-state index contributed by atoms with van der Waals surface area (Å²) in [5.41, 5.74) is 3.27. The van der Waals surface area contributed by atoms with Crippen LogP contribution < -0.4 is 4.90 Å². The fraction of sp³-hybridized carbons (Fsp3) is 0.435. The van der Waals surface area contributed by atoms with Gasteiger partial charge in [-0.25, -0.2) is 9.07 Å². The lowest BCUT2D eigenvalue weighted by Gasteiger charge is -2.40. The van der Waals surface area contributed by atoms with Crippen molar-refractivity contribution >= 4 is 5.69 Å². The van der Waals surface area contributed by atoms with E-state index in [2.05, 4.69) is 77.3 Å². The molecule has 6 nitrogen and oxygen atoms in total. The molecule has 0 amide bonds. The van der Waals surface area contributed by atoms with Crippen LogP contribution in [0.2, 0.25) is 0 Å². The second-order valence-electron chi connectivity index (χ2n) is 8.93. The highest BCUT2D eigenvalue weighted by molar-refractivity contribution is 5.46. The van der Waals surface area contributed by atoms with E-state index in [-0.39, 0.29) is 17.4 Å². The zero-order chi connectivity index (χ0) is 21.3. The molecule has 1 atom stereocenters. The minimum Gasteiger partial charge on any atom is -0.369 e. The summed E-state index contributed by atoms with van der Waals surface area (Å²) >= 11 is 0. The highest BCUT2D eigenvalue weighted by Crippen LogP contribution is 2.31. The van der Waals surface area contributed by atoms with E-state index in [4.69, 9.17) is 0 Å². The van der Waals surface area contributed by atoms with Gasteiger partial charge in [0.1, 0.15) is 5.82 Å². The SMILES string of the molecule is Cc1ccc(C(c2nnnn2C(C)(C)C)N2CCN(c3ccc(F)cc3)CC2)cc1. The number of aromatic nitrogens is 4. The molecule has 7 heteroatoms. The second kappa shape index (κ2) is 8.14. The molecule has 1 aliphatic heterocycles. The molecule has 0 radical (unpaired) electrons. The fourth-order valence-corrected chi connectivity index (χ4v) is 4.00. The molecular formula is C23H29FN6. The average molecular weight is 409 g/mol. The van der Waals surface area contributed by atoms with Crippen LogP contribution in [0.25, 0.3) is 0 Å². The fourth-order valence-electron chi connectivity index (χ4n) is 4.00. The standard InChI is InChI=1S/C23H29FN6/c1-17-5-7-18(8-6-17)21(22-25-26-27-30(22)23(2,3)4)29-15-13-28(14-16-29)20-11-9-19(24)10-12-20/h5-12,21H,13-16H2,1-4H3. The van der Waals surface area contributed by atoms with E-state index in [1.165, 1.54) is 23.3 Å². The van der Waals surface area contributed by atoms with Crippen molar-refractivity contribution < 1.29 is 4.39 Å². The molecule has 0 saturated carbocycles. The molecule has 1 aliphatic rings. The van der Waals surface area contributed by atoms with Crippen LogP contribution in [-0.4, -0.2) is 51.3 Å². The molecular weight excluding hydrogens is 379 g/mol. The van der Waals surface area contributed by atoms with E-state index >= 15 is 0 Å². The molecule has 1 saturated heterocycles. The molecule has 30 heavy (non-hydrogen) atoms. The van der Waals surface area contributed by atoms with Crippen LogP contribution in [-0.2, 0) is 5.54 Å². The van der Waals surface area contributed by atoms with Gasteiger partial charge in [0.05, 0.1) is 11.6 Å². The first kappa shape index (κ1) is 20.5. The summed E-state index contributed by atoms with van der Waals surface area (Å²) in [4.78, 5) is 4.74. The smallest absolute Gasteiger partial charge is 0.173 e. The zero-order valence-corrected chi connectivity index (χ0v) is 18.1. The van der Waals surface area contributed by atoms with Gasteiger partial charge in [-0.2, -0.15) is 0 Å². The Morgan fingerprint density at radius 2 is 1.53 bits per heavy atom. The van der Waals surface area contributed by atoms with Gasteiger partial charge in [-0.1, -0.05) is 29.8 Å². The number of rotatable bonds is 4. The molecule has 2 heterocycles. The number of halogens is 1. The van der Waals surface area contributed by atoms with Crippen molar-refractivity contribution in [2.75, 3.05) is 31.1 Å². The number of piperazine rings is 1. The summed E-state index contributed by atoms with van der Waals surface area (Å²) in [6.45, 7) is 11.9. The van der Waals surface area contributed by atoms with Crippen LogP contribution in [0.5, 0.6) is 0 Å².